The quantitative estimate of drug-likeness (QED) is 0.792. The summed E-state index contributed by atoms with van der Waals surface area (Å²) in [6.45, 7) is 6.16. The highest BCUT2D eigenvalue weighted by Gasteiger charge is 2.17. The van der Waals surface area contributed by atoms with Crippen molar-refractivity contribution < 1.29 is 9.18 Å². The molecule has 0 radical (unpaired) electrons. The number of nitrogens with one attached hydrogen (secondary N) is 1. The number of rotatable bonds is 5. The smallest absolute Gasteiger partial charge is 0.251 e. The minimum atomic E-state index is -0.490. The molecule has 1 atom stereocenters. The number of carbonyl (C=O) groups excluding carboxylic acids is 1. The summed E-state index contributed by atoms with van der Waals surface area (Å²) < 4.78 is 13.2. The molecule has 3 N–H and O–H groups in total. The molecule has 0 spiro atoms. The monoisotopic (exact) mass is 252 g/mol. The van der Waals surface area contributed by atoms with Gasteiger partial charge in [-0.1, -0.05) is 26.7 Å². The van der Waals surface area contributed by atoms with Gasteiger partial charge in [-0.2, -0.15) is 0 Å². The third kappa shape index (κ3) is 3.72. The Hall–Kier alpha value is -1.58. The maximum atomic E-state index is 13.2. The van der Waals surface area contributed by atoms with Crippen LogP contribution in [0.4, 0.5) is 10.1 Å². The van der Waals surface area contributed by atoms with E-state index in [0.717, 1.165) is 12.8 Å². The summed E-state index contributed by atoms with van der Waals surface area (Å²) in [4.78, 5) is 12.0. The van der Waals surface area contributed by atoms with Crippen molar-refractivity contribution in [3.8, 4) is 0 Å². The molecule has 1 aromatic rings. The molecule has 4 heteroatoms. The summed E-state index contributed by atoms with van der Waals surface area (Å²) in [5, 5.41) is 2.89. The van der Waals surface area contributed by atoms with Crippen LogP contribution in [0.5, 0.6) is 0 Å². The predicted molar refractivity (Wildman–Crippen MR) is 71.8 cm³/mol. The number of halogens is 1. The molecule has 0 aliphatic rings. The number of anilines is 1. The number of hydrogen-bond acceptors (Lipinski definition) is 2. The largest absolute Gasteiger partial charge is 0.399 e. The van der Waals surface area contributed by atoms with Crippen LogP contribution in [0, 0.1) is 11.7 Å². The molecule has 0 aliphatic heterocycles. The van der Waals surface area contributed by atoms with E-state index in [4.69, 9.17) is 5.73 Å². The number of nitrogens with two attached hydrogens (primary N) is 1. The van der Waals surface area contributed by atoms with Crippen molar-refractivity contribution in [2.45, 2.75) is 39.7 Å². The highest BCUT2D eigenvalue weighted by Crippen LogP contribution is 2.15. The lowest BCUT2D eigenvalue weighted by atomic mass is 9.95. The topological polar surface area (TPSA) is 55.1 Å². The van der Waals surface area contributed by atoms with Gasteiger partial charge in [0.1, 0.15) is 5.82 Å². The summed E-state index contributed by atoms with van der Waals surface area (Å²) in [7, 11) is 0. The van der Waals surface area contributed by atoms with Crippen LogP contribution in [-0.4, -0.2) is 11.9 Å². The van der Waals surface area contributed by atoms with Gasteiger partial charge in [-0.05, 0) is 31.0 Å². The van der Waals surface area contributed by atoms with Crippen LogP contribution in [0.2, 0.25) is 0 Å². The lowest BCUT2D eigenvalue weighted by Gasteiger charge is -2.22. The van der Waals surface area contributed by atoms with Crippen LogP contribution in [0.25, 0.3) is 0 Å². The summed E-state index contributed by atoms with van der Waals surface area (Å²) in [6.07, 6.45) is 2.01. The Labute approximate surface area is 108 Å². The van der Waals surface area contributed by atoms with Crippen molar-refractivity contribution in [1.29, 1.82) is 0 Å². The van der Waals surface area contributed by atoms with Crippen LogP contribution in [0.1, 0.15) is 44.0 Å². The molecule has 100 valence electrons. The Balaban J connectivity index is 2.76. The summed E-state index contributed by atoms with van der Waals surface area (Å²) in [5.41, 5.74) is 6.05. The first kappa shape index (κ1) is 14.5. The van der Waals surface area contributed by atoms with Crippen LogP contribution < -0.4 is 11.1 Å². The molecule has 0 saturated carbocycles. The van der Waals surface area contributed by atoms with Crippen molar-refractivity contribution in [2.24, 2.45) is 5.92 Å². The average Bonchev–Trinajstić information content (AvgIpc) is 2.29. The van der Waals surface area contributed by atoms with E-state index in [1.54, 1.807) is 0 Å². The highest BCUT2D eigenvalue weighted by molar-refractivity contribution is 5.95. The second-order valence-corrected chi connectivity index (χ2v) is 4.61. The normalized spacial score (nSPS) is 12.5. The van der Waals surface area contributed by atoms with E-state index in [1.165, 1.54) is 18.2 Å². The maximum absolute atomic E-state index is 13.2. The minimum Gasteiger partial charge on any atom is -0.399 e. The van der Waals surface area contributed by atoms with Crippen molar-refractivity contribution in [3.63, 3.8) is 0 Å². The molecule has 0 heterocycles. The molecule has 0 bridgehead atoms. The first-order chi connectivity index (χ1) is 8.47. The van der Waals surface area contributed by atoms with Gasteiger partial charge in [0, 0.05) is 17.3 Å². The fraction of sp³-hybridized carbons (Fsp3) is 0.500. The van der Waals surface area contributed by atoms with Gasteiger partial charge in [0.05, 0.1) is 0 Å². The fourth-order valence-corrected chi connectivity index (χ4v) is 2.15. The van der Waals surface area contributed by atoms with Gasteiger partial charge in [0.2, 0.25) is 0 Å². The van der Waals surface area contributed by atoms with Crippen molar-refractivity contribution in [1.82, 2.24) is 5.32 Å². The first-order valence-corrected chi connectivity index (χ1v) is 6.34. The Bertz CT molecular complexity index is 396. The first-order valence-electron chi connectivity index (χ1n) is 6.34. The Morgan fingerprint density at radius 1 is 1.33 bits per heavy atom. The number of hydrogen-bond donors (Lipinski definition) is 2. The van der Waals surface area contributed by atoms with Crippen LogP contribution in [-0.2, 0) is 0 Å². The Morgan fingerprint density at radius 3 is 2.44 bits per heavy atom. The van der Waals surface area contributed by atoms with E-state index in [2.05, 4.69) is 19.2 Å². The molecule has 0 saturated heterocycles. The van der Waals surface area contributed by atoms with E-state index in [-0.39, 0.29) is 23.2 Å². The summed E-state index contributed by atoms with van der Waals surface area (Å²) in [6, 6.07) is 3.95. The molecule has 0 fully saturated rings. The number of benzene rings is 1. The van der Waals surface area contributed by atoms with Gasteiger partial charge in [0.15, 0.2) is 0 Å². The van der Waals surface area contributed by atoms with Gasteiger partial charge in [-0.25, -0.2) is 4.39 Å². The Morgan fingerprint density at radius 2 is 1.94 bits per heavy atom. The molecular weight excluding hydrogens is 231 g/mol. The van der Waals surface area contributed by atoms with Crippen molar-refractivity contribution in [3.05, 3.63) is 29.6 Å². The standard InChI is InChI=1S/C14H21FN2O/c1-4-10(5-2)9(3)17-14(18)11-6-12(15)8-13(16)7-11/h6-10H,4-5,16H2,1-3H3,(H,17,18). The SMILES string of the molecule is CCC(CC)C(C)NC(=O)c1cc(N)cc(F)c1. The van der Waals surface area contributed by atoms with E-state index in [0.29, 0.717) is 5.92 Å². The molecule has 1 unspecified atom stereocenters. The van der Waals surface area contributed by atoms with Gasteiger partial charge in [-0.15, -0.1) is 0 Å². The minimum absolute atomic E-state index is 0.0667. The molecule has 0 aliphatic carbocycles. The zero-order valence-electron chi connectivity index (χ0n) is 11.2. The molecule has 18 heavy (non-hydrogen) atoms. The van der Waals surface area contributed by atoms with Crippen LogP contribution >= 0.6 is 0 Å². The third-order valence-electron chi connectivity index (χ3n) is 3.30. The zero-order valence-corrected chi connectivity index (χ0v) is 11.2. The summed E-state index contributed by atoms with van der Waals surface area (Å²) >= 11 is 0. The molecule has 1 rings (SSSR count). The van der Waals surface area contributed by atoms with E-state index in [1.807, 2.05) is 6.92 Å². The number of nitrogen functional groups attached to an aromatic ring is 1. The molecular formula is C14H21FN2O. The number of amides is 1. The van der Waals surface area contributed by atoms with Gasteiger partial charge in [0.25, 0.3) is 5.91 Å². The van der Waals surface area contributed by atoms with Gasteiger partial charge < -0.3 is 11.1 Å². The van der Waals surface area contributed by atoms with Crippen LogP contribution in [0.3, 0.4) is 0 Å². The zero-order chi connectivity index (χ0) is 13.7. The average molecular weight is 252 g/mol. The Kier molecular flexibility index (Phi) is 5.13. The second-order valence-electron chi connectivity index (χ2n) is 4.61. The summed E-state index contributed by atoms with van der Waals surface area (Å²) in [5.74, 6) is -0.337. The van der Waals surface area contributed by atoms with Crippen molar-refractivity contribution >= 4 is 11.6 Å². The predicted octanol–water partition coefficient (Wildman–Crippen LogP) is 2.96. The third-order valence-corrected chi connectivity index (χ3v) is 3.30. The van der Waals surface area contributed by atoms with E-state index >= 15 is 0 Å². The number of carbonyl (C=O) groups is 1. The van der Waals surface area contributed by atoms with E-state index in [9.17, 15) is 9.18 Å². The molecule has 1 aromatic carbocycles. The molecule has 1 amide bonds. The lowest BCUT2D eigenvalue weighted by molar-refractivity contribution is 0.0925. The maximum Gasteiger partial charge on any atom is 0.251 e. The van der Waals surface area contributed by atoms with Crippen LogP contribution in [0.15, 0.2) is 18.2 Å². The fourth-order valence-electron chi connectivity index (χ4n) is 2.15. The van der Waals surface area contributed by atoms with E-state index < -0.39 is 5.82 Å². The highest BCUT2D eigenvalue weighted by atomic mass is 19.1. The lowest BCUT2D eigenvalue weighted by Crippen LogP contribution is -2.37. The van der Waals surface area contributed by atoms with Crippen molar-refractivity contribution in [2.75, 3.05) is 5.73 Å². The van der Waals surface area contributed by atoms with Gasteiger partial charge >= 0.3 is 0 Å². The molecule has 0 aromatic heterocycles. The second kappa shape index (κ2) is 6.38. The molecule has 3 nitrogen and oxygen atoms in total. The van der Waals surface area contributed by atoms with Gasteiger partial charge in [-0.3, -0.25) is 4.79 Å².